The van der Waals surface area contributed by atoms with Crippen molar-refractivity contribution >= 4 is 49.6 Å². The zero-order valence-corrected chi connectivity index (χ0v) is 18.8. The normalized spacial score (nSPS) is 11.0. The molecule has 0 bridgehead atoms. The molecule has 0 atom stereocenters. The summed E-state index contributed by atoms with van der Waals surface area (Å²) >= 11 is 1.06. The van der Waals surface area contributed by atoms with E-state index in [1.165, 1.54) is 18.2 Å². The molecule has 33 heavy (non-hydrogen) atoms. The molecule has 0 aliphatic rings. The highest BCUT2D eigenvalue weighted by molar-refractivity contribution is 7.94. The molecular formula is C23H19N3O5S2. The van der Waals surface area contributed by atoms with Gasteiger partial charge in [0.2, 0.25) is 0 Å². The van der Waals surface area contributed by atoms with E-state index in [0.717, 1.165) is 22.1 Å². The van der Waals surface area contributed by atoms with Crippen LogP contribution in [0.5, 0.6) is 5.75 Å². The lowest BCUT2D eigenvalue weighted by atomic mass is 10.1. The molecule has 4 rings (SSSR count). The summed E-state index contributed by atoms with van der Waals surface area (Å²) in [4.78, 5) is 24.7. The highest BCUT2D eigenvalue weighted by Crippen LogP contribution is 2.23. The van der Waals surface area contributed by atoms with Crippen molar-refractivity contribution in [1.29, 1.82) is 0 Å². The monoisotopic (exact) mass is 481 g/mol. The first kappa shape index (κ1) is 22.3. The zero-order valence-electron chi connectivity index (χ0n) is 17.1. The van der Waals surface area contributed by atoms with Gasteiger partial charge in [0, 0.05) is 0 Å². The molecule has 0 radical (unpaired) electrons. The van der Waals surface area contributed by atoms with E-state index in [2.05, 4.69) is 15.6 Å². The fourth-order valence-corrected chi connectivity index (χ4v) is 5.09. The Hall–Kier alpha value is -3.89. The number of carbonyl (C=O) groups excluding carboxylic acids is 2. The van der Waals surface area contributed by atoms with Crippen LogP contribution in [0.2, 0.25) is 0 Å². The van der Waals surface area contributed by atoms with Crippen LogP contribution in [0.3, 0.4) is 0 Å². The molecule has 4 aromatic rings. The lowest BCUT2D eigenvalue weighted by Crippen LogP contribution is -2.44. The SMILES string of the molecule is O=C(COc1ccc2ccccc2c1)NNC(=O)c1ccccc1NS(=O)(=O)c1cccs1. The Morgan fingerprint density at radius 1 is 0.848 bits per heavy atom. The summed E-state index contributed by atoms with van der Waals surface area (Å²) in [6.45, 7) is -0.314. The number of thiophene rings is 1. The number of benzene rings is 3. The van der Waals surface area contributed by atoms with Gasteiger partial charge in [-0.15, -0.1) is 11.3 Å². The predicted octanol–water partition coefficient (Wildman–Crippen LogP) is 3.54. The fourth-order valence-electron chi connectivity index (χ4n) is 3.02. The standard InChI is InChI=1S/C23H19N3O5S2/c27-21(15-31-18-12-11-16-6-1-2-7-17(16)14-18)24-25-23(28)19-8-3-4-9-20(19)26-33(29,30)22-10-5-13-32-22/h1-14,26H,15H2,(H,24,27)(H,25,28). The van der Waals surface area contributed by atoms with Crippen LogP contribution in [0.1, 0.15) is 10.4 Å². The molecule has 0 unspecified atom stereocenters. The van der Waals surface area contributed by atoms with Crippen LogP contribution in [0.25, 0.3) is 10.8 Å². The van der Waals surface area contributed by atoms with Crippen LogP contribution in [0.15, 0.2) is 88.5 Å². The van der Waals surface area contributed by atoms with E-state index in [4.69, 9.17) is 4.74 Å². The van der Waals surface area contributed by atoms with Gasteiger partial charge in [0.25, 0.3) is 21.8 Å². The molecule has 0 aliphatic carbocycles. The second kappa shape index (κ2) is 9.72. The average Bonchev–Trinajstić information content (AvgIpc) is 3.37. The number of hydrogen-bond acceptors (Lipinski definition) is 6. The summed E-state index contributed by atoms with van der Waals surface area (Å²) in [7, 11) is -3.83. The average molecular weight is 482 g/mol. The number of nitrogens with one attached hydrogen (secondary N) is 3. The third-order valence-electron chi connectivity index (χ3n) is 4.58. The molecule has 3 N–H and O–H groups in total. The van der Waals surface area contributed by atoms with Crippen molar-refractivity contribution in [2.45, 2.75) is 4.21 Å². The first-order chi connectivity index (χ1) is 15.9. The van der Waals surface area contributed by atoms with E-state index >= 15 is 0 Å². The minimum Gasteiger partial charge on any atom is -0.484 e. The van der Waals surface area contributed by atoms with Crippen molar-refractivity contribution < 1.29 is 22.7 Å². The molecule has 2 amide bonds. The Morgan fingerprint density at radius 2 is 1.61 bits per heavy atom. The maximum absolute atomic E-state index is 12.6. The number of para-hydroxylation sites is 1. The van der Waals surface area contributed by atoms with Crippen LogP contribution in [-0.4, -0.2) is 26.8 Å². The highest BCUT2D eigenvalue weighted by atomic mass is 32.2. The van der Waals surface area contributed by atoms with Gasteiger partial charge in [-0.3, -0.25) is 25.2 Å². The van der Waals surface area contributed by atoms with Crippen LogP contribution >= 0.6 is 11.3 Å². The molecule has 168 valence electrons. The summed E-state index contributed by atoms with van der Waals surface area (Å²) in [5.41, 5.74) is 4.68. The third-order valence-corrected chi connectivity index (χ3v) is 7.35. The molecule has 10 heteroatoms. The molecule has 0 spiro atoms. The van der Waals surface area contributed by atoms with Gasteiger partial charge < -0.3 is 4.74 Å². The molecular weight excluding hydrogens is 462 g/mol. The third kappa shape index (κ3) is 5.48. The Balaban J connectivity index is 1.35. The number of fused-ring (bicyclic) bond motifs is 1. The van der Waals surface area contributed by atoms with Crippen molar-refractivity contribution in [2.24, 2.45) is 0 Å². The van der Waals surface area contributed by atoms with Gasteiger partial charge in [-0.2, -0.15) is 0 Å². The smallest absolute Gasteiger partial charge is 0.276 e. The Kier molecular flexibility index (Phi) is 6.57. The lowest BCUT2D eigenvalue weighted by Gasteiger charge is -2.13. The minimum absolute atomic E-state index is 0.0494. The van der Waals surface area contributed by atoms with Gasteiger partial charge in [0.15, 0.2) is 6.61 Å². The lowest BCUT2D eigenvalue weighted by molar-refractivity contribution is -0.123. The van der Waals surface area contributed by atoms with E-state index in [1.54, 1.807) is 29.6 Å². The number of amides is 2. The molecule has 8 nitrogen and oxygen atoms in total. The minimum atomic E-state index is -3.83. The largest absolute Gasteiger partial charge is 0.484 e. The van der Waals surface area contributed by atoms with Gasteiger partial charge in [0.05, 0.1) is 11.3 Å². The molecule has 0 fully saturated rings. The molecule has 1 heterocycles. The first-order valence-electron chi connectivity index (χ1n) is 9.78. The van der Waals surface area contributed by atoms with E-state index < -0.39 is 21.8 Å². The van der Waals surface area contributed by atoms with Crippen molar-refractivity contribution in [3.05, 3.63) is 89.8 Å². The van der Waals surface area contributed by atoms with E-state index in [0.29, 0.717) is 5.75 Å². The summed E-state index contributed by atoms with van der Waals surface area (Å²) in [5.74, 6) is -0.741. The second-order valence-corrected chi connectivity index (χ2v) is 9.74. The quantitative estimate of drug-likeness (QED) is 0.350. The number of hydrogen-bond donors (Lipinski definition) is 3. The molecule has 0 saturated heterocycles. The first-order valence-corrected chi connectivity index (χ1v) is 12.1. The van der Waals surface area contributed by atoms with Crippen LogP contribution in [0.4, 0.5) is 5.69 Å². The number of ether oxygens (including phenoxy) is 1. The van der Waals surface area contributed by atoms with E-state index in [-0.39, 0.29) is 22.1 Å². The predicted molar refractivity (Wildman–Crippen MR) is 127 cm³/mol. The number of sulfonamides is 1. The number of carbonyl (C=O) groups is 2. The van der Waals surface area contributed by atoms with Gasteiger partial charge in [0.1, 0.15) is 9.96 Å². The summed E-state index contributed by atoms with van der Waals surface area (Å²) < 4.78 is 33.0. The van der Waals surface area contributed by atoms with Gasteiger partial charge in [-0.05, 0) is 46.5 Å². The summed E-state index contributed by atoms with van der Waals surface area (Å²) in [6.07, 6.45) is 0. The van der Waals surface area contributed by atoms with Gasteiger partial charge >= 0.3 is 0 Å². The molecule has 1 aromatic heterocycles. The molecule has 0 aliphatic heterocycles. The van der Waals surface area contributed by atoms with Crippen molar-refractivity contribution in [3.8, 4) is 5.75 Å². The number of hydrazine groups is 1. The van der Waals surface area contributed by atoms with Crippen LogP contribution in [0, 0.1) is 0 Å². The number of rotatable bonds is 7. The van der Waals surface area contributed by atoms with E-state index in [1.807, 2.05) is 36.4 Å². The van der Waals surface area contributed by atoms with Crippen molar-refractivity contribution in [1.82, 2.24) is 10.9 Å². The Labute approximate surface area is 194 Å². The second-order valence-electron chi connectivity index (χ2n) is 6.88. The van der Waals surface area contributed by atoms with E-state index in [9.17, 15) is 18.0 Å². The Morgan fingerprint density at radius 3 is 2.39 bits per heavy atom. The zero-order chi connectivity index (χ0) is 23.3. The van der Waals surface area contributed by atoms with Gasteiger partial charge in [-0.1, -0.05) is 48.5 Å². The van der Waals surface area contributed by atoms with Crippen molar-refractivity contribution in [2.75, 3.05) is 11.3 Å². The summed E-state index contributed by atoms with van der Waals surface area (Å²) in [6, 6.07) is 22.4. The molecule has 0 saturated carbocycles. The van der Waals surface area contributed by atoms with Gasteiger partial charge in [-0.25, -0.2) is 8.42 Å². The molecule has 3 aromatic carbocycles. The maximum Gasteiger partial charge on any atom is 0.276 e. The maximum atomic E-state index is 12.6. The topological polar surface area (TPSA) is 114 Å². The fraction of sp³-hybridized carbons (Fsp3) is 0.0435. The Bertz CT molecular complexity index is 1400. The highest BCUT2D eigenvalue weighted by Gasteiger charge is 2.19. The summed E-state index contributed by atoms with van der Waals surface area (Å²) in [5, 5.41) is 3.67. The number of anilines is 1. The van der Waals surface area contributed by atoms with Crippen LogP contribution < -0.4 is 20.3 Å². The van der Waals surface area contributed by atoms with Crippen LogP contribution in [-0.2, 0) is 14.8 Å². The van der Waals surface area contributed by atoms with Crippen molar-refractivity contribution in [3.63, 3.8) is 0 Å².